The number of anilines is 1. The first kappa shape index (κ1) is 12.5. The fraction of sp³-hybridized carbons (Fsp3) is 0.0714. The fourth-order valence-electron chi connectivity index (χ4n) is 1.55. The molecule has 0 saturated heterocycles. The van der Waals surface area contributed by atoms with Crippen LogP contribution in [0.4, 0.5) is 5.69 Å². The third-order valence-electron chi connectivity index (χ3n) is 2.58. The first-order valence-electron chi connectivity index (χ1n) is 5.43. The molecule has 0 aliphatic heterocycles. The monoisotopic (exact) mass is 261 g/mol. The van der Waals surface area contributed by atoms with Crippen molar-refractivity contribution in [3.8, 4) is 5.75 Å². The van der Waals surface area contributed by atoms with Gasteiger partial charge in [-0.15, -0.1) is 0 Å². The van der Waals surface area contributed by atoms with Crippen molar-refractivity contribution in [2.45, 2.75) is 6.92 Å². The highest BCUT2D eigenvalue weighted by Crippen LogP contribution is 2.22. The van der Waals surface area contributed by atoms with E-state index in [0.29, 0.717) is 21.8 Å². The van der Waals surface area contributed by atoms with Crippen molar-refractivity contribution >= 4 is 23.2 Å². The third-order valence-corrected chi connectivity index (χ3v) is 2.91. The first-order chi connectivity index (χ1) is 8.58. The van der Waals surface area contributed by atoms with Crippen LogP contribution in [0.25, 0.3) is 0 Å². The molecule has 2 aromatic rings. The Morgan fingerprint density at radius 1 is 1.22 bits per heavy atom. The van der Waals surface area contributed by atoms with Gasteiger partial charge in [-0.2, -0.15) is 0 Å². The Morgan fingerprint density at radius 3 is 2.61 bits per heavy atom. The smallest absolute Gasteiger partial charge is 0.255 e. The summed E-state index contributed by atoms with van der Waals surface area (Å²) in [5, 5.41) is 12.6. The van der Waals surface area contributed by atoms with Crippen molar-refractivity contribution in [3.05, 3.63) is 58.6 Å². The van der Waals surface area contributed by atoms with Gasteiger partial charge in [0.05, 0.1) is 10.7 Å². The lowest BCUT2D eigenvalue weighted by Gasteiger charge is -2.08. The molecule has 0 radical (unpaired) electrons. The second kappa shape index (κ2) is 5.10. The molecule has 0 unspecified atom stereocenters. The van der Waals surface area contributed by atoms with Gasteiger partial charge in [0.15, 0.2) is 0 Å². The highest BCUT2D eigenvalue weighted by atomic mass is 35.5. The number of nitrogens with one attached hydrogen (secondary N) is 1. The Morgan fingerprint density at radius 2 is 1.94 bits per heavy atom. The van der Waals surface area contributed by atoms with Crippen LogP contribution in [0, 0.1) is 6.92 Å². The van der Waals surface area contributed by atoms with Gasteiger partial charge in [-0.05, 0) is 42.8 Å². The maximum Gasteiger partial charge on any atom is 0.255 e. The van der Waals surface area contributed by atoms with Crippen LogP contribution < -0.4 is 5.32 Å². The number of amides is 1. The summed E-state index contributed by atoms with van der Waals surface area (Å²) in [5.74, 6) is -0.0875. The number of aryl methyl sites for hydroxylation is 1. The number of aromatic hydroxyl groups is 1. The maximum absolute atomic E-state index is 12.0. The van der Waals surface area contributed by atoms with Crippen LogP contribution in [0.1, 0.15) is 15.9 Å². The number of benzene rings is 2. The topological polar surface area (TPSA) is 49.3 Å². The summed E-state index contributed by atoms with van der Waals surface area (Å²) >= 11 is 5.96. The molecule has 18 heavy (non-hydrogen) atoms. The van der Waals surface area contributed by atoms with Crippen LogP contribution in [-0.2, 0) is 0 Å². The highest BCUT2D eigenvalue weighted by molar-refractivity contribution is 6.33. The van der Waals surface area contributed by atoms with Crippen molar-refractivity contribution in [1.82, 2.24) is 0 Å². The van der Waals surface area contributed by atoms with E-state index >= 15 is 0 Å². The molecule has 0 heterocycles. The fourth-order valence-corrected chi connectivity index (χ4v) is 1.74. The largest absolute Gasteiger partial charge is 0.508 e. The van der Waals surface area contributed by atoms with Crippen molar-refractivity contribution in [2.24, 2.45) is 0 Å². The number of phenols is 1. The first-order valence-corrected chi connectivity index (χ1v) is 5.81. The summed E-state index contributed by atoms with van der Waals surface area (Å²) < 4.78 is 0. The standard InChI is InChI=1S/C14H12ClNO2/c1-9-8-10(6-7-13(9)17)14(18)16-12-5-3-2-4-11(12)15/h2-8,17H,1H3,(H,16,18). The number of halogens is 1. The molecule has 0 fully saturated rings. The van der Waals surface area contributed by atoms with Gasteiger partial charge in [-0.25, -0.2) is 0 Å². The summed E-state index contributed by atoms with van der Waals surface area (Å²) in [6.45, 7) is 1.74. The van der Waals surface area contributed by atoms with Crippen molar-refractivity contribution < 1.29 is 9.90 Å². The van der Waals surface area contributed by atoms with E-state index in [0.717, 1.165) is 0 Å². The Kier molecular flexibility index (Phi) is 3.53. The molecule has 2 N–H and O–H groups in total. The minimum atomic E-state index is -0.258. The van der Waals surface area contributed by atoms with E-state index in [2.05, 4.69) is 5.32 Å². The lowest BCUT2D eigenvalue weighted by molar-refractivity contribution is 0.102. The highest BCUT2D eigenvalue weighted by Gasteiger charge is 2.09. The summed E-state index contributed by atoms with van der Waals surface area (Å²) in [5.41, 5.74) is 1.70. The zero-order chi connectivity index (χ0) is 13.1. The number of rotatable bonds is 2. The lowest BCUT2D eigenvalue weighted by atomic mass is 10.1. The average Bonchev–Trinajstić information content (AvgIpc) is 2.35. The third kappa shape index (κ3) is 2.63. The van der Waals surface area contributed by atoms with E-state index in [1.165, 1.54) is 6.07 Å². The van der Waals surface area contributed by atoms with Crippen LogP contribution in [0.15, 0.2) is 42.5 Å². The summed E-state index contributed by atoms with van der Waals surface area (Å²) in [6, 6.07) is 11.7. The molecule has 4 heteroatoms. The van der Waals surface area contributed by atoms with Gasteiger partial charge >= 0.3 is 0 Å². The van der Waals surface area contributed by atoms with Crippen LogP contribution in [0.3, 0.4) is 0 Å². The maximum atomic E-state index is 12.0. The molecule has 0 spiro atoms. The van der Waals surface area contributed by atoms with E-state index in [1.807, 2.05) is 0 Å². The average molecular weight is 262 g/mol. The van der Waals surface area contributed by atoms with Crippen molar-refractivity contribution in [3.63, 3.8) is 0 Å². The van der Waals surface area contributed by atoms with Crippen molar-refractivity contribution in [2.75, 3.05) is 5.32 Å². The Bertz CT molecular complexity index is 596. The van der Waals surface area contributed by atoms with E-state index in [-0.39, 0.29) is 11.7 Å². The Labute approximate surface area is 110 Å². The number of carbonyl (C=O) groups excluding carboxylic acids is 1. The van der Waals surface area contributed by atoms with Gasteiger partial charge in [0, 0.05) is 5.56 Å². The number of para-hydroxylation sites is 1. The molecule has 0 bridgehead atoms. The van der Waals surface area contributed by atoms with Gasteiger partial charge in [0.2, 0.25) is 0 Å². The van der Waals surface area contributed by atoms with E-state index in [9.17, 15) is 9.90 Å². The zero-order valence-electron chi connectivity index (χ0n) is 9.77. The predicted octanol–water partition coefficient (Wildman–Crippen LogP) is 3.61. The molecule has 2 aromatic carbocycles. The molecule has 0 saturated carbocycles. The van der Waals surface area contributed by atoms with Gasteiger partial charge in [0.25, 0.3) is 5.91 Å². The van der Waals surface area contributed by atoms with Gasteiger partial charge in [0.1, 0.15) is 5.75 Å². The number of hydrogen-bond acceptors (Lipinski definition) is 2. The summed E-state index contributed by atoms with van der Waals surface area (Å²) in [7, 11) is 0. The van der Waals surface area contributed by atoms with Crippen LogP contribution in [0.2, 0.25) is 5.02 Å². The van der Waals surface area contributed by atoms with Crippen molar-refractivity contribution in [1.29, 1.82) is 0 Å². The summed E-state index contributed by atoms with van der Waals surface area (Å²) in [4.78, 5) is 12.0. The van der Waals surface area contributed by atoms with Crippen LogP contribution in [-0.4, -0.2) is 11.0 Å². The molecule has 0 aliphatic carbocycles. The van der Waals surface area contributed by atoms with Crippen LogP contribution >= 0.6 is 11.6 Å². The zero-order valence-corrected chi connectivity index (χ0v) is 10.5. The minimum absolute atomic E-state index is 0.171. The SMILES string of the molecule is Cc1cc(C(=O)Nc2ccccc2Cl)ccc1O. The van der Waals surface area contributed by atoms with Crippen LogP contribution in [0.5, 0.6) is 5.75 Å². The molecule has 0 aliphatic rings. The summed E-state index contributed by atoms with van der Waals surface area (Å²) in [6.07, 6.45) is 0. The molecule has 0 aromatic heterocycles. The second-order valence-electron chi connectivity index (χ2n) is 3.94. The lowest BCUT2D eigenvalue weighted by Crippen LogP contribution is -2.12. The molecular formula is C14H12ClNO2. The van der Waals surface area contributed by atoms with Gasteiger partial charge in [-0.1, -0.05) is 23.7 Å². The molecule has 1 amide bonds. The minimum Gasteiger partial charge on any atom is -0.508 e. The molecule has 0 atom stereocenters. The predicted molar refractivity (Wildman–Crippen MR) is 72.2 cm³/mol. The molecule has 92 valence electrons. The van der Waals surface area contributed by atoms with E-state index < -0.39 is 0 Å². The normalized spacial score (nSPS) is 10.1. The van der Waals surface area contributed by atoms with Gasteiger partial charge < -0.3 is 10.4 Å². The van der Waals surface area contributed by atoms with Gasteiger partial charge in [-0.3, -0.25) is 4.79 Å². The number of carbonyl (C=O) groups is 1. The Hall–Kier alpha value is -2.00. The number of hydrogen-bond donors (Lipinski definition) is 2. The number of phenolic OH excluding ortho intramolecular Hbond substituents is 1. The Balaban J connectivity index is 2.22. The van der Waals surface area contributed by atoms with E-state index in [4.69, 9.17) is 11.6 Å². The molecule has 2 rings (SSSR count). The molecular weight excluding hydrogens is 250 g/mol. The van der Waals surface area contributed by atoms with E-state index in [1.54, 1.807) is 43.3 Å². The second-order valence-corrected chi connectivity index (χ2v) is 4.34. The molecule has 3 nitrogen and oxygen atoms in total. The quantitative estimate of drug-likeness (QED) is 0.868.